The molecule has 1 aromatic heterocycles. The summed E-state index contributed by atoms with van der Waals surface area (Å²) in [5.74, 6) is -0.420. The lowest BCUT2D eigenvalue weighted by Gasteiger charge is -2.20. The zero-order valence-electron chi connectivity index (χ0n) is 13.4. The highest BCUT2D eigenvalue weighted by Crippen LogP contribution is 2.20. The number of nitrogens with zero attached hydrogens (tertiary/aromatic N) is 1. The fourth-order valence-electron chi connectivity index (χ4n) is 2.58. The van der Waals surface area contributed by atoms with Crippen molar-refractivity contribution in [3.8, 4) is 0 Å². The fourth-order valence-corrected chi connectivity index (χ4v) is 2.85. The molecule has 1 aromatic rings. The van der Waals surface area contributed by atoms with Crippen molar-refractivity contribution in [2.45, 2.75) is 64.0 Å². The summed E-state index contributed by atoms with van der Waals surface area (Å²) < 4.78 is 1.43. The smallest absolute Gasteiger partial charge is 0.328 e. The predicted octanol–water partition coefficient (Wildman–Crippen LogP) is 4.17. The molecule has 0 fully saturated rings. The van der Waals surface area contributed by atoms with E-state index in [1.807, 2.05) is 0 Å². The van der Waals surface area contributed by atoms with Gasteiger partial charge in [0.25, 0.3) is 10.9 Å². The van der Waals surface area contributed by atoms with Crippen LogP contribution in [0.4, 0.5) is 0 Å². The monoisotopic (exact) mass is 324 g/mol. The van der Waals surface area contributed by atoms with Crippen LogP contribution < -0.4 is 4.57 Å². The summed E-state index contributed by atoms with van der Waals surface area (Å²) in [6.45, 7) is 5.69. The van der Waals surface area contributed by atoms with Crippen LogP contribution in [0, 0.1) is 0 Å². The lowest BCUT2D eigenvalue weighted by molar-refractivity contribution is -0.787. The van der Waals surface area contributed by atoms with Gasteiger partial charge in [-0.3, -0.25) is 4.79 Å². The number of pyridine rings is 1. The maximum Gasteiger partial charge on any atom is 0.335 e. The van der Waals surface area contributed by atoms with E-state index < -0.39 is 11.5 Å². The largest absolute Gasteiger partial charge is 0.335 e. The Morgan fingerprint density at radius 1 is 1.27 bits per heavy atom. The molecule has 0 radical (unpaired) electrons. The molecule has 0 bridgehead atoms. The first-order valence-electron chi connectivity index (χ1n) is 8.12. The summed E-state index contributed by atoms with van der Waals surface area (Å²) in [5, 5.41) is 11.2. The second-order valence-electron chi connectivity index (χ2n) is 5.65. The summed E-state index contributed by atoms with van der Waals surface area (Å²) >= 11 is 6.12. The first-order chi connectivity index (χ1) is 10.6. The Balaban J connectivity index is 2.64. The molecule has 1 heterocycles. The Kier molecular flexibility index (Phi) is 8.36. The third kappa shape index (κ3) is 5.22. The maximum atomic E-state index is 12.1. The molecule has 1 unspecified atom stereocenters. The zero-order chi connectivity index (χ0) is 16.4. The molecular weight excluding hydrogens is 298 g/mol. The van der Waals surface area contributed by atoms with E-state index in [9.17, 15) is 9.90 Å². The SMILES string of the molecule is C=CC(=O)C(O)(CCCCCCCCC)[n+]1ccccc1Cl. The summed E-state index contributed by atoms with van der Waals surface area (Å²) in [6.07, 6.45) is 11.0. The van der Waals surface area contributed by atoms with Crippen LogP contribution in [0.15, 0.2) is 37.1 Å². The number of rotatable bonds is 11. The van der Waals surface area contributed by atoms with E-state index in [0.717, 1.165) is 25.3 Å². The van der Waals surface area contributed by atoms with Gasteiger partial charge in [-0.05, 0) is 30.2 Å². The van der Waals surface area contributed by atoms with Crippen molar-refractivity contribution in [1.82, 2.24) is 0 Å². The van der Waals surface area contributed by atoms with E-state index in [2.05, 4.69) is 13.5 Å². The second-order valence-corrected chi connectivity index (χ2v) is 6.04. The number of carbonyl (C=O) groups excluding carboxylic acids is 1. The van der Waals surface area contributed by atoms with E-state index in [1.165, 1.54) is 30.3 Å². The zero-order valence-corrected chi connectivity index (χ0v) is 14.2. The molecule has 1 N–H and O–H groups in total. The van der Waals surface area contributed by atoms with Crippen LogP contribution in [0.2, 0.25) is 5.15 Å². The first-order valence-corrected chi connectivity index (χ1v) is 8.50. The van der Waals surface area contributed by atoms with Gasteiger partial charge in [-0.25, -0.2) is 0 Å². The van der Waals surface area contributed by atoms with Gasteiger partial charge in [0.1, 0.15) is 0 Å². The van der Waals surface area contributed by atoms with Crippen LogP contribution in [0.1, 0.15) is 58.3 Å². The van der Waals surface area contributed by atoms with Gasteiger partial charge in [0, 0.05) is 18.6 Å². The van der Waals surface area contributed by atoms with Gasteiger partial charge in [-0.2, -0.15) is 4.57 Å². The van der Waals surface area contributed by atoms with Crippen molar-refractivity contribution in [2.24, 2.45) is 0 Å². The molecule has 0 aromatic carbocycles. The highest BCUT2D eigenvalue weighted by molar-refractivity contribution is 6.28. The molecule has 0 aliphatic heterocycles. The molecule has 122 valence electrons. The molecule has 1 atom stereocenters. The van der Waals surface area contributed by atoms with Crippen LogP contribution >= 0.6 is 11.6 Å². The summed E-state index contributed by atoms with van der Waals surface area (Å²) in [4.78, 5) is 12.1. The maximum absolute atomic E-state index is 12.1. The van der Waals surface area contributed by atoms with Crippen molar-refractivity contribution in [2.75, 3.05) is 0 Å². The predicted molar refractivity (Wildman–Crippen MR) is 89.7 cm³/mol. The third-order valence-electron chi connectivity index (χ3n) is 3.92. The van der Waals surface area contributed by atoms with E-state index >= 15 is 0 Å². The average Bonchev–Trinajstić information content (AvgIpc) is 2.53. The summed E-state index contributed by atoms with van der Waals surface area (Å²) in [5.41, 5.74) is -1.64. The van der Waals surface area contributed by atoms with Crippen LogP contribution in [0.25, 0.3) is 0 Å². The van der Waals surface area contributed by atoms with E-state index in [1.54, 1.807) is 24.4 Å². The van der Waals surface area contributed by atoms with Gasteiger partial charge in [-0.15, -0.1) is 0 Å². The minimum Gasteiger partial charge on any atom is -0.328 e. The van der Waals surface area contributed by atoms with E-state index in [4.69, 9.17) is 11.6 Å². The Labute approximate surface area is 138 Å². The van der Waals surface area contributed by atoms with Crippen molar-refractivity contribution in [3.05, 3.63) is 42.2 Å². The number of aliphatic hydroxyl groups is 1. The highest BCUT2D eigenvalue weighted by Gasteiger charge is 2.44. The van der Waals surface area contributed by atoms with Crippen LogP contribution in [-0.4, -0.2) is 10.9 Å². The quantitative estimate of drug-likeness (QED) is 0.287. The lowest BCUT2D eigenvalue weighted by Crippen LogP contribution is -2.61. The molecular formula is C18H27ClNO2+. The van der Waals surface area contributed by atoms with Crippen molar-refractivity contribution < 1.29 is 14.5 Å². The minimum absolute atomic E-state index is 0.336. The number of hydrogen-bond acceptors (Lipinski definition) is 2. The number of halogens is 1. The topological polar surface area (TPSA) is 41.2 Å². The van der Waals surface area contributed by atoms with E-state index in [-0.39, 0.29) is 0 Å². The number of unbranched alkanes of at least 4 members (excludes halogenated alkanes) is 6. The number of aromatic nitrogens is 1. The Bertz CT molecular complexity index is 490. The van der Waals surface area contributed by atoms with Crippen molar-refractivity contribution >= 4 is 17.4 Å². The molecule has 0 amide bonds. The third-order valence-corrected chi connectivity index (χ3v) is 4.23. The Morgan fingerprint density at radius 3 is 2.50 bits per heavy atom. The van der Waals surface area contributed by atoms with Gasteiger partial charge < -0.3 is 5.11 Å². The molecule has 4 heteroatoms. The molecule has 0 spiro atoms. The summed E-state index contributed by atoms with van der Waals surface area (Å²) in [6, 6.07) is 5.18. The molecule has 3 nitrogen and oxygen atoms in total. The standard InChI is InChI=1S/C18H27ClNO2/c1-3-5-6-7-8-9-11-14-18(22,16(21)4-2)20-15-12-10-13-17(20)19/h4,10,12-13,15,22H,2-3,5-9,11,14H2,1H3/q+1. The summed E-state index contributed by atoms with van der Waals surface area (Å²) in [7, 11) is 0. The molecule has 1 rings (SSSR count). The normalized spacial score (nSPS) is 13.6. The van der Waals surface area contributed by atoms with Crippen molar-refractivity contribution in [3.63, 3.8) is 0 Å². The Hall–Kier alpha value is -1.19. The molecule has 22 heavy (non-hydrogen) atoms. The number of carbonyl (C=O) groups is 1. The van der Waals surface area contributed by atoms with Gasteiger partial charge in [0.05, 0.1) is 0 Å². The Morgan fingerprint density at radius 2 is 1.91 bits per heavy atom. The molecule has 0 saturated carbocycles. The van der Waals surface area contributed by atoms with Crippen LogP contribution in [0.3, 0.4) is 0 Å². The molecule has 0 aliphatic rings. The van der Waals surface area contributed by atoms with Crippen molar-refractivity contribution in [1.29, 1.82) is 0 Å². The highest BCUT2D eigenvalue weighted by atomic mass is 35.5. The van der Waals surface area contributed by atoms with Crippen LogP contribution in [0.5, 0.6) is 0 Å². The molecule has 0 aliphatic carbocycles. The minimum atomic E-state index is -1.64. The lowest BCUT2D eigenvalue weighted by atomic mass is 9.98. The van der Waals surface area contributed by atoms with Gasteiger partial charge in [0.15, 0.2) is 6.20 Å². The van der Waals surface area contributed by atoms with Gasteiger partial charge >= 0.3 is 5.72 Å². The first kappa shape index (κ1) is 18.9. The van der Waals surface area contributed by atoms with Gasteiger partial charge in [0.2, 0.25) is 0 Å². The number of ketones is 1. The second kappa shape index (κ2) is 9.75. The van der Waals surface area contributed by atoms with Crippen LogP contribution in [-0.2, 0) is 10.5 Å². The average molecular weight is 325 g/mol. The van der Waals surface area contributed by atoms with E-state index in [0.29, 0.717) is 11.6 Å². The van der Waals surface area contributed by atoms with Gasteiger partial charge in [-0.1, -0.05) is 52.0 Å². The fraction of sp³-hybridized carbons (Fsp3) is 0.556. The molecule has 0 saturated heterocycles. The number of hydrogen-bond donors (Lipinski definition) is 1.